The van der Waals surface area contributed by atoms with Gasteiger partial charge in [-0.25, -0.2) is 4.98 Å². The summed E-state index contributed by atoms with van der Waals surface area (Å²) in [5, 5.41) is 13.5. The number of rotatable bonds is 2. The van der Waals surface area contributed by atoms with Crippen molar-refractivity contribution in [2.45, 2.75) is 13.5 Å². The van der Waals surface area contributed by atoms with Gasteiger partial charge in [-0.1, -0.05) is 24.3 Å². The summed E-state index contributed by atoms with van der Waals surface area (Å²) in [6.07, 6.45) is 0. The van der Waals surface area contributed by atoms with E-state index >= 15 is 0 Å². The molecule has 1 heterocycles. The molecule has 0 radical (unpaired) electrons. The third kappa shape index (κ3) is 1.76. The van der Waals surface area contributed by atoms with Gasteiger partial charge in [-0.2, -0.15) is 5.10 Å². The molecule has 1 aromatic heterocycles. The normalized spacial score (nSPS) is 10.6. The molecule has 2 aromatic rings. The highest BCUT2D eigenvalue weighted by molar-refractivity contribution is 5.59. The van der Waals surface area contributed by atoms with Crippen LogP contribution in [0.4, 0.5) is 0 Å². The van der Waals surface area contributed by atoms with Gasteiger partial charge in [0.15, 0.2) is 5.82 Å². The fraction of sp³-hybridized carbons (Fsp3) is 0.273. The Labute approximate surface area is 88.2 Å². The van der Waals surface area contributed by atoms with Gasteiger partial charge in [0.2, 0.25) is 0 Å². The zero-order valence-corrected chi connectivity index (χ0v) is 8.81. The zero-order valence-electron chi connectivity index (χ0n) is 8.81. The van der Waals surface area contributed by atoms with Crippen LogP contribution in [0.3, 0.4) is 0 Å². The van der Waals surface area contributed by atoms with E-state index in [1.165, 1.54) is 0 Å². The first-order valence-corrected chi connectivity index (χ1v) is 4.79. The SMILES string of the molecule is Cc1nc(-c2ccccc2CO)nn1C. The van der Waals surface area contributed by atoms with Crippen LogP contribution in [0.2, 0.25) is 0 Å². The summed E-state index contributed by atoms with van der Waals surface area (Å²) in [4.78, 5) is 4.33. The summed E-state index contributed by atoms with van der Waals surface area (Å²) in [6, 6.07) is 7.60. The van der Waals surface area contributed by atoms with Crippen LogP contribution in [0.15, 0.2) is 24.3 Å². The van der Waals surface area contributed by atoms with E-state index in [4.69, 9.17) is 0 Å². The van der Waals surface area contributed by atoms with Gasteiger partial charge in [0, 0.05) is 12.6 Å². The van der Waals surface area contributed by atoms with Crippen molar-refractivity contribution < 1.29 is 5.11 Å². The number of benzene rings is 1. The maximum absolute atomic E-state index is 9.19. The van der Waals surface area contributed by atoms with Crippen LogP contribution in [-0.2, 0) is 13.7 Å². The van der Waals surface area contributed by atoms with Crippen LogP contribution >= 0.6 is 0 Å². The highest BCUT2D eigenvalue weighted by Gasteiger charge is 2.09. The Morgan fingerprint density at radius 1 is 1.33 bits per heavy atom. The van der Waals surface area contributed by atoms with Crippen LogP contribution in [0, 0.1) is 6.92 Å². The van der Waals surface area contributed by atoms with Crippen molar-refractivity contribution in [2.24, 2.45) is 7.05 Å². The van der Waals surface area contributed by atoms with E-state index in [0.717, 1.165) is 17.0 Å². The molecule has 0 fully saturated rings. The molecule has 0 saturated heterocycles. The summed E-state index contributed by atoms with van der Waals surface area (Å²) in [6.45, 7) is 1.91. The summed E-state index contributed by atoms with van der Waals surface area (Å²) in [7, 11) is 1.85. The van der Waals surface area contributed by atoms with Gasteiger partial charge in [0.1, 0.15) is 5.82 Å². The molecule has 0 aliphatic carbocycles. The predicted octanol–water partition coefficient (Wildman–Crippen LogP) is 1.28. The molecular formula is C11H13N3O. The number of aryl methyl sites for hydroxylation is 2. The predicted molar refractivity (Wildman–Crippen MR) is 57.1 cm³/mol. The summed E-state index contributed by atoms with van der Waals surface area (Å²) in [5.74, 6) is 1.53. The Hall–Kier alpha value is -1.68. The van der Waals surface area contributed by atoms with E-state index in [9.17, 15) is 5.11 Å². The second-order valence-corrected chi connectivity index (χ2v) is 3.42. The Bertz CT molecular complexity index is 457. The Morgan fingerprint density at radius 3 is 2.67 bits per heavy atom. The van der Waals surface area contributed by atoms with Crippen LogP contribution in [0.1, 0.15) is 11.4 Å². The first kappa shape index (κ1) is 9.86. The second-order valence-electron chi connectivity index (χ2n) is 3.42. The number of nitrogens with zero attached hydrogens (tertiary/aromatic N) is 3. The van der Waals surface area contributed by atoms with Crippen LogP contribution in [-0.4, -0.2) is 19.9 Å². The molecule has 1 aromatic carbocycles. The van der Waals surface area contributed by atoms with Gasteiger partial charge in [0.25, 0.3) is 0 Å². The molecule has 0 bridgehead atoms. The van der Waals surface area contributed by atoms with Gasteiger partial charge < -0.3 is 5.11 Å². The van der Waals surface area contributed by atoms with Gasteiger partial charge >= 0.3 is 0 Å². The lowest BCUT2D eigenvalue weighted by Crippen LogP contribution is -1.93. The molecule has 15 heavy (non-hydrogen) atoms. The van der Waals surface area contributed by atoms with E-state index in [1.54, 1.807) is 4.68 Å². The third-order valence-electron chi connectivity index (χ3n) is 2.41. The topological polar surface area (TPSA) is 50.9 Å². The molecule has 1 N–H and O–H groups in total. The first-order chi connectivity index (χ1) is 7.22. The monoisotopic (exact) mass is 203 g/mol. The molecule has 0 spiro atoms. The molecule has 0 atom stereocenters. The lowest BCUT2D eigenvalue weighted by atomic mass is 10.1. The van der Waals surface area contributed by atoms with E-state index in [2.05, 4.69) is 10.1 Å². The molecule has 4 nitrogen and oxygen atoms in total. The Balaban J connectivity index is 2.53. The molecule has 0 amide bonds. The maximum Gasteiger partial charge on any atom is 0.181 e. The van der Waals surface area contributed by atoms with Crippen molar-refractivity contribution in [2.75, 3.05) is 0 Å². The van der Waals surface area contributed by atoms with Crippen LogP contribution in [0.5, 0.6) is 0 Å². The molecule has 4 heteroatoms. The third-order valence-corrected chi connectivity index (χ3v) is 2.41. The van der Waals surface area contributed by atoms with Gasteiger partial charge in [-0.3, -0.25) is 4.68 Å². The molecule has 0 unspecified atom stereocenters. The standard InChI is InChI=1S/C11H13N3O/c1-8-12-11(13-14(8)2)10-6-4-3-5-9(10)7-15/h3-6,15H,7H2,1-2H3. The Morgan fingerprint density at radius 2 is 2.07 bits per heavy atom. The van der Waals surface area contributed by atoms with Crippen molar-refractivity contribution in [1.29, 1.82) is 0 Å². The number of hydrogen-bond donors (Lipinski definition) is 1. The average Bonchev–Trinajstić information content (AvgIpc) is 2.59. The van der Waals surface area contributed by atoms with Gasteiger partial charge in [-0.05, 0) is 12.5 Å². The lowest BCUT2D eigenvalue weighted by molar-refractivity contribution is 0.282. The first-order valence-electron chi connectivity index (χ1n) is 4.79. The van der Waals surface area contributed by atoms with Gasteiger partial charge in [0.05, 0.1) is 6.61 Å². The number of aromatic nitrogens is 3. The molecule has 2 rings (SSSR count). The van der Waals surface area contributed by atoms with Crippen molar-refractivity contribution in [3.05, 3.63) is 35.7 Å². The quantitative estimate of drug-likeness (QED) is 0.800. The van der Waals surface area contributed by atoms with Crippen molar-refractivity contribution >= 4 is 0 Å². The minimum absolute atomic E-state index is 0.00742. The lowest BCUT2D eigenvalue weighted by Gasteiger charge is -2.01. The van der Waals surface area contributed by atoms with Crippen LogP contribution in [0.25, 0.3) is 11.4 Å². The molecule has 0 saturated carbocycles. The molecular weight excluding hydrogens is 190 g/mol. The fourth-order valence-corrected chi connectivity index (χ4v) is 1.45. The zero-order chi connectivity index (χ0) is 10.8. The number of hydrogen-bond acceptors (Lipinski definition) is 3. The second kappa shape index (κ2) is 3.82. The molecule has 78 valence electrons. The van der Waals surface area contributed by atoms with Crippen molar-refractivity contribution in [3.8, 4) is 11.4 Å². The summed E-state index contributed by atoms with van der Waals surface area (Å²) in [5.41, 5.74) is 1.74. The highest BCUT2D eigenvalue weighted by Crippen LogP contribution is 2.20. The molecule has 0 aliphatic rings. The van der Waals surface area contributed by atoms with E-state index in [1.807, 2.05) is 38.2 Å². The van der Waals surface area contributed by atoms with E-state index < -0.39 is 0 Å². The molecule has 0 aliphatic heterocycles. The van der Waals surface area contributed by atoms with E-state index in [0.29, 0.717) is 5.82 Å². The minimum Gasteiger partial charge on any atom is -0.392 e. The smallest absolute Gasteiger partial charge is 0.181 e. The van der Waals surface area contributed by atoms with Gasteiger partial charge in [-0.15, -0.1) is 0 Å². The number of aliphatic hydroxyl groups excluding tert-OH is 1. The average molecular weight is 203 g/mol. The van der Waals surface area contributed by atoms with E-state index in [-0.39, 0.29) is 6.61 Å². The van der Waals surface area contributed by atoms with Crippen molar-refractivity contribution in [1.82, 2.24) is 14.8 Å². The highest BCUT2D eigenvalue weighted by atomic mass is 16.3. The minimum atomic E-state index is 0.00742. The summed E-state index contributed by atoms with van der Waals surface area (Å²) < 4.78 is 1.73. The maximum atomic E-state index is 9.19. The fourth-order valence-electron chi connectivity index (χ4n) is 1.45. The van der Waals surface area contributed by atoms with Crippen molar-refractivity contribution in [3.63, 3.8) is 0 Å². The largest absolute Gasteiger partial charge is 0.392 e. The van der Waals surface area contributed by atoms with Crippen LogP contribution < -0.4 is 0 Å². The number of aliphatic hydroxyl groups is 1. The summed E-state index contributed by atoms with van der Waals surface area (Å²) >= 11 is 0. The Kier molecular flexibility index (Phi) is 2.51.